The Hall–Kier alpha value is -1.84. The minimum atomic E-state index is -0.287. The molecule has 15 heavy (non-hydrogen) atoms. The first-order chi connectivity index (χ1) is 7.24. The summed E-state index contributed by atoms with van der Waals surface area (Å²) in [5.74, 6) is 0. The van der Waals surface area contributed by atoms with Crippen molar-refractivity contribution in [2.75, 3.05) is 0 Å². The van der Waals surface area contributed by atoms with E-state index >= 15 is 0 Å². The minimum Gasteiger partial charge on any atom is -0.410 e. The van der Waals surface area contributed by atoms with Gasteiger partial charge < -0.3 is 9.77 Å². The molecule has 0 spiro atoms. The number of fused-ring (bicyclic) bond motifs is 1. The Kier molecular flexibility index (Phi) is 2.41. The average Bonchev–Trinajstić information content (AvgIpc) is 2.38. The third-order valence-corrected chi connectivity index (χ3v) is 2.59. The van der Waals surface area contributed by atoms with E-state index in [9.17, 15) is 4.79 Å². The molecule has 4 heteroatoms. The standard InChI is InChI=1S/C11H12N2O2/c1-13-7-6-8-4-2-3-5-9(8)10(12-15)11(13)14/h3,5-7,15H,2,4H2,1H3. The smallest absolute Gasteiger partial charge is 0.280 e. The van der Waals surface area contributed by atoms with E-state index < -0.39 is 0 Å². The zero-order valence-corrected chi connectivity index (χ0v) is 8.47. The molecule has 1 aromatic heterocycles. The van der Waals surface area contributed by atoms with Crippen molar-refractivity contribution in [3.05, 3.63) is 45.2 Å². The Morgan fingerprint density at radius 2 is 2.33 bits per heavy atom. The third-order valence-electron chi connectivity index (χ3n) is 2.59. The Balaban J connectivity index is 2.96. The van der Waals surface area contributed by atoms with E-state index in [0.717, 1.165) is 24.0 Å². The second kappa shape index (κ2) is 3.73. The summed E-state index contributed by atoms with van der Waals surface area (Å²) in [4.78, 5) is 11.7. The number of nitrogens with zero attached hydrogens (tertiary/aromatic N) is 2. The van der Waals surface area contributed by atoms with Gasteiger partial charge in [-0.15, -0.1) is 0 Å². The summed E-state index contributed by atoms with van der Waals surface area (Å²) < 4.78 is 1.42. The van der Waals surface area contributed by atoms with Crippen LogP contribution < -0.4 is 10.9 Å². The number of hydrogen-bond acceptors (Lipinski definition) is 3. The molecule has 2 rings (SSSR count). The molecule has 0 aliphatic heterocycles. The summed E-state index contributed by atoms with van der Waals surface area (Å²) in [6, 6.07) is 1.90. The number of hydrogen-bond donors (Lipinski definition) is 1. The first-order valence-electron chi connectivity index (χ1n) is 4.81. The largest absolute Gasteiger partial charge is 0.410 e. The summed E-state index contributed by atoms with van der Waals surface area (Å²) in [6.07, 6.45) is 7.36. The van der Waals surface area contributed by atoms with Crippen molar-refractivity contribution in [1.29, 1.82) is 0 Å². The summed E-state index contributed by atoms with van der Waals surface area (Å²) in [7, 11) is 1.65. The molecular weight excluding hydrogens is 192 g/mol. The molecule has 78 valence electrons. The van der Waals surface area contributed by atoms with E-state index in [2.05, 4.69) is 5.16 Å². The maximum Gasteiger partial charge on any atom is 0.280 e. The van der Waals surface area contributed by atoms with Crippen LogP contribution in [0.25, 0.3) is 6.08 Å². The lowest BCUT2D eigenvalue weighted by atomic mass is 10.00. The second-order valence-corrected chi connectivity index (χ2v) is 3.56. The fourth-order valence-corrected chi connectivity index (χ4v) is 1.73. The van der Waals surface area contributed by atoms with E-state index in [-0.39, 0.29) is 10.9 Å². The number of aromatic nitrogens is 1. The third kappa shape index (κ3) is 1.58. The highest BCUT2D eigenvalue weighted by Gasteiger charge is 2.08. The van der Waals surface area contributed by atoms with Gasteiger partial charge in [0.1, 0.15) is 0 Å². The molecule has 0 amide bonds. The Morgan fingerprint density at radius 3 is 3.07 bits per heavy atom. The summed E-state index contributed by atoms with van der Waals surface area (Å²) in [5.41, 5.74) is 1.49. The lowest BCUT2D eigenvalue weighted by Crippen LogP contribution is -2.32. The highest BCUT2D eigenvalue weighted by molar-refractivity contribution is 5.54. The molecule has 1 heterocycles. The van der Waals surface area contributed by atoms with Gasteiger partial charge in [-0.2, -0.15) is 0 Å². The van der Waals surface area contributed by atoms with Crippen molar-refractivity contribution in [2.24, 2.45) is 12.2 Å². The van der Waals surface area contributed by atoms with E-state index in [1.807, 2.05) is 18.2 Å². The van der Waals surface area contributed by atoms with Gasteiger partial charge in [-0.1, -0.05) is 17.3 Å². The maximum atomic E-state index is 11.7. The lowest BCUT2D eigenvalue weighted by Gasteiger charge is -2.05. The molecule has 0 unspecified atom stereocenters. The summed E-state index contributed by atoms with van der Waals surface area (Å²) >= 11 is 0. The van der Waals surface area contributed by atoms with Gasteiger partial charge in [0.15, 0.2) is 5.36 Å². The second-order valence-electron chi connectivity index (χ2n) is 3.56. The molecule has 4 nitrogen and oxygen atoms in total. The topological polar surface area (TPSA) is 54.6 Å². The summed E-state index contributed by atoms with van der Waals surface area (Å²) in [6.45, 7) is 0. The van der Waals surface area contributed by atoms with Gasteiger partial charge in [0, 0.05) is 18.8 Å². The monoisotopic (exact) mass is 204 g/mol. The van der Waals surface area contributed by atoms with Gasteiger partial charge in [0.05, 0.1) is 0 Å². The molecule has 0 atom stereocenters. The predicted octanol–water partition coefficient (Wildman–Crippen LogP) is 0.635. The van der Waals surface area contributed by atoms with Gasteiger partial charge in [-0.25, -0.2) is 0 Å². The molecule has 0 fully saturated rings. The van der Waals surface area contributed by atoms with Gasteiger partial charge in [-0.3, -0.25) is 4.79 Å². The molecule has 1 aromatic rings. The van der Waals surface area contributed by atoms with Gasteiger partial charge in [-0.05, 0) is 24.5 Å². The van der Waals surface area contributed by atoms with Gasteiger partial charge in [0.25, 0.3) is 5.56 Å². The quantitative estimate of drug-likeness (QED) is 0.498. The molecule has 1 aliphatic rings. The van der Waals surface area contributed by atoms with E-state index in [0.29, 0.717) is 0 Å². The lowest BCUT2D eigenvalue weighted by molar-refractivity contribution is 0.300. The first-order valence-corrected chi connectivity index (χ1v) is 4.81. The molecule has 0 aromatic carbocycles. The van der Waals surface area contributed by atoms with Crippen LogP contribution in [0.15, 0.2) is 28.3 Å². The molecule has 0 saturated carbocycles. The van der Waals surface area contributed by atoms with Crippen LogP contribution in [0.3, 0.4) is 0 Å². The molecule has 0 saturated heterocycles. The van der Waals surface area contributed by atoms with Crippen molar-refractivity contribution in [3.8, 4) is 0 Å². The highest BCUT2D eigenvalue weighted by Crippen LogP contribution is 2.13. The van der Waals surface area contributed by atoms with Crippen LogP contribution >= 0.6 is 0 Å². The van der Waals surface area contributed by atoms with Gasteiger partial charge in [0.2, 0.25) is 0 Å². The van der Waals surface area contributed by atoms with Crippen molar-refractivity contribution >= 4 is 6.08 Å². The molecule has 1 N–H and O–H groups in total. The minimum absolute atomic E-state index is 0.119. The SMILES string of the molecule is Cn1ccc2c(c(=NO)c1=O)C=CCC2. The number of aryl methyl sites for hydroxylation is 2. The average molecular weight is 204 g/mol. The Labute approximate surface area is 86.8 Å². The Morgan fingerprint density at radius 1 is 1.53 bits per heavy atom. The van der Waals surface area contributed by atoms with Crippen LogP contribution in [0.4, 0.5) is 0 Å². The fourth-order valence-electron chi connectivity index (χ4n) is 1.73. The van der Waals surface area contributed by atoms with Crippen molar-refractivity contribution < 1.29 is 5.21 Å². The Bertz CT molecular complexity index is 541. The summed E-state index contributed by atoms with van der Waals surface area (Å²) in [5, 5.41) is 12.1. The number of allylic oxidation sites excluding steroid dienone is 1. The maximum absolute atomic E-state index is 11.7. The van der Waals surface area contributed by atoms with Crippen LogP contribution in [0, 0.1) is 0 Å². The molecule has 0 bridgehead atoms. The van der Waals surface area contributed by atoms with Crippen LogP contribution in [0.1, 0.15) is 17.5 Å². The van der Waals surface area contributed by atoms with E-state index in [1.165, 1.54) is 4.57 Å². The fraction of sp³-hybridized carbons (Fsp3) is 0.273. The van der Waals surface area contributed by atoms with E-state index in [4.69, 9.17) is 5.21 Å². The van der Waals surface area contributed by atoms with Crippen LogP contribution in [0.2, 0.25) is 0 Å². The van der Waals surface area contributed by atoms with Crippen molar-refractivity contribution in [3.63, 3.8) is 0 Å². The number of rotatable bonds is 0. The predicted molar refractivity (Wildman–Crippen MR) is 56.4 cm³/mol. The van der Waals surface area contributed by atoms with Gasteiger partial charge >= 0.3 is 0 Å². The normalized spacial score (nSPS) is 15.1. The van der Waals surface area contributed by atoms with Crippen LogP contribution in [0.5, 0.6) is 0 Å². The first kappa shape index (κ1) is 9.71. The van der Waals surface area contributed by atoms with Crippen molar-refractivity contribution in [2.45, 2.75) is 12.8 Å². The zero-order chi connectivity index (χ0) is 10.8. The molecule has 1 aliphatic carbocycles. The highest BCUT2D eigenvalue weighted by atomic mass is 16.4. The van der Waals surface area contributed by atoms with E-state index in [1.54, 1.807) is 13.2 Å². The van der Waals surface area contributed by atoms with Crippen LogP contribution in [-0.4, -0.2) is 9.77 Å². The zero-order valence-electron chi connectivity index (χ0n) is 8.47. The molecular formula is C11H12N2O2. The van der Waals surface area contributed by atoms with Crippen LogP contribution in [-0.2, 0) is 13.5 Å². The van der Waals surface area contributed by atoms with Crippen molar-refractivity contribution in [1.82, 2.24) is 4.57 Å². The molecule has 0 radical (unpaired) electrons.